The number of carbonyl (C=O) groups excluding carboxylic acids is 1. The highest BCUT2D eigenvalue weighted by molar-refractivity contribution is 6.54. The van der Waals surface area contributed by atoms with Crippen molar-refractivity contribution in [3.8, 4) is 11.8 Å². The predicted molar refractivity (Wildman–Crippen MR) is 95.1 cm³/mol. The fourth-order valence-corrected chi connectivity index (χ4v) is 2.20. The van der Waals surface area contributed by atoms with Gasteiger partial charge in [0.25, 0.3) is 0 Å². The zero-order valence-electron chi connectivity index (χ0n) is 15.5. The summed E-state index contributed by atoms with van der Waals surface area (Å²) < 4.78 is 44.3. The van der Waals surface area contributed by atoms with Crippen LogP contribution in [0.5, 0.6) is 0 Å². The molecule has 0 atom stereocenters. The van der Waals surface area contributed by atoms with Gasteiger partial charge < -0.3 is 14.0 Å². The van der Waals surface area contributed by atoms with E-state index in [2.05, 4.69) is 16.6 Å². The molecule has 0 spiro atoms. The van der Waals surface area contributed by atoms with Crippen molar-refractivity contribution in [3.05, 3.63) is 40.9 Å². The molecule has 2 rings (SSSR count). The lowest BCUT2D eigenvalue weighted by atomic mass is 9.86. The molecule has 1 saturated heterocycles. The van der Waals surface area contributed by atoms with Gasteiger partial charge in [-0.3, -0.25) is 0 Å². The van der Waals surface area contributed by atoms with E-state index in [9.17, 15) is 13.6 Å². The molecule has 1 aliphatic rings. The molecule has 1 heterocycles. The van der Waals surface area contributed by atoms with Gasteiger partial charge in [-0.2, -0.15) is 0 Å². The van der Waals surface area contributed by atoms with Crippen molar-refractivity contribution in [2.75, 3.05) is 6.61 Å². The maximum atomic E-state index is 14.5. The molecule has 0 aromatic heterocycles. The molecule has 1 aromatic carbocycles. The average Bonchev–Trinajstić information content (AvgIpc) is 2.76. The number of rotatable bonds is 3. The van der Waals surface area contributed by atoms with E-state index in [1.54, 1.807) is 6.92 Å². The standard InChI is InChI=1S/C19H21BF2O4/c1-6-24-17(23)10-8-14-11-13(7-9-15(14)21)12-16(22)20-25-18(2,3)19(4,5)26-20/h7,9,11-12H,6H2,1-5H3. The monoisotopic (exact) mass is 362 g/mol. The zero-order chi connectivity index (χ0) is 19.5. The number of hydrogen-bond acceptors (Lipinski definition) is 4. The summed E-state index contributed by atoms with van der Waals surface area (Å²) in [6.07, 6.45) is 1.19. The highest BCUT2D eigenvalue weighted by atomic mass is 19.1. The van der Waals surface area contributed by atoms with Crippen molar-refractivity contribution in [3.63, 3.8) is 0 Å². The number of carbonyl (C=O) groups is 1. The normalized spacial score (nSPS) is 18.3. The van der Waals surface area contributed by atoms with Crippen LogP contribution in [-0.2, 0) is 18.8 Å². The minimum absolute atomic E-state index is 0.0338. The SMILES string of the molecule is CCOC(=O)C#Cc1cc(C=C(F)B2OC(C)(C)C(C)(C)O2)ccc1F. The van der Waals surface area contributed by atoms with E-state index in [-0.39, 0.29) is 12.2 Å². The Hall–Kier alpha value is -2.17. The number of ether oxygens (including phenoxy) is 1. The summed E-state index contributed by atoms with van der Waals surface area (Å²) in [6.45, 7) is 9.10. The number of esters is 1. The minimum atomic E-state index is -1.14. The molecule has 1 fully saturated rings. The first kappa shape index (κ1) is 20.2. The molecule has 1 aromatic rings. The molecule has 138 valence electrons. The lowest BCUT2D eigenvalue weighted by Crippen LogP contribution is -2.41. The Balaban J connectivity index is 2.23. The van der Waals surface area contributed by atoms with Crippen molar-refractivity contribution >= 4 is 19.2 Å². The van der Waals surface area contributed by atoms with E-state index < -0.39 is 35.8 Å². The van der Waals surface area contributed by atoms with Gasteiger partial charge in [0.15, 0.2) is 0 Å². The van der Waals surface area contributed by atoms with Crippen LogP contribution >= 0.6 is 0 Å². The molecule has 0 N–H and O–H groups in total. The molecular weight excluding hydrogens is 341 g/mol. The molecular formula is C19H21BF2O4. The Bertz CT molecular complexity index is 774. The molecule has 0 aliphatic carbocycles. The van der Waals surface area contributed by atoms with Gasteiger partial charge in [-0.25, -0.2) is 13.6 Å². The van der Waals surface area contributed by atoms with Crippen LogP contribution in [0.3, 0.4) is 0 Å². The van der Waals surface area contributed by atoms with Crippen LogP contribution < -0.4 is 0 Å². The Morgan fingerprint density at radius 3 is 2.46 bits per heavy atom. The molecule has 0 radical (unpaired) electrons. The molecule has 4 nitrogen and oxygen atoms in total. The van der Waals surface area contributed by atoms with E-state index in [1.807, 2.05) is 27.7 Å². The Morgan fingerprint density at radius 1 is 1.27 bits per heavy atom. The fraction of sp³-hybridized carbons (Fsp3) is 0.421. The third kappa shape index (κ3) is 4.51. The van der Waals surface area contributed by atoms with Crippen molar-refractivity contribution in [1.29, 1.82) is 0 Å². The molecule has 0 unspecified atom stereocenters. The largest absolute Gasteiger partial charge is 0.525 e. The van der Waals surface area contributed by atoms with Crippen molar-refractivity contribution in [2.24, 2.45) is 0 Å². The zero-order valence-corrected chi connectivity index (χ0v) is 15.5. The van der Waals surface area contributed by atoms with Crippen LogP contribution in [0.4, 0.5) is 8.78 Å². The second-order valence-electron chi connectivity index (χ2n) is 6.83. The molecule has 0 amide bonds. The maximum absolute atomic E-state index is 14.5. The number of hydrogen-bond donors (Lipinski definition) is 0. The Kier molecular flexibility index (Phi) is 5.89. The van der Waals surface area contributed by atoms with Crippen molar-refractivity contribution < 1.29 is 27.6 Å². The van der Waals surface area contributed by atoms with Crippen LogP contribution in [-0.4, -0.2) is 30.9 Å². The van der Waals surface area contributed by atoms with E-state index in [1.165, 1.54) is 18.2 Å². The Labute approximate surface area is 152 Å². The fourth-order valence-electron chi connectivity index (χ4n) is 2.20. The van der Waals surface area contributed by atoms with E-state index in [4.69, 9.17) is 9.31 Å². The van der Waals surface area contributed by atoms with Gasteiger partial charge in [-0.05, 0) is 58.4 Å². The van der Waals surface area contributed by atoms with Crippen molar-refractivity contribution in [1.82, 2.24) is 0 Å². The maximum Gasteiger partial charge on any atom is 0.525 e. The predicted octanol–water partition coefficient (Wildman–Crippen LogP) is 3.68. The first-order chi connectivity index (χ1) is 12.1. The lowest BCUT2D eigenvalue weighted by Gasteiger charge is -2.32. The van der Waals surface area contributed by atoms with Crippen LogP contribution in [0.25, 0.3) is 6.08 Å². The van der Waals surface area contributed by atoms with Crippen LogP contribution in [0.2, 0.25) is 0 Å². The summed E-state index contributed by atoms with van der Waals surface area (Å²) >= 11 is 0. The number of benzene rings is 1. The van der Waals surface area contributed by atoms with Gasteiger partial charge in [0.2, 0.25) is 0 Å². The highest BCUT2D eigenvalue weighted by Gasteiger charge is 2.53. The van der Waals surface area contributed by atoms with Gasteiger partial charge in [-0.15, -0.1) is 0 Å². The molecule has 26 heavy (non-hydrogen) atoms. The van der Waals surface area contributed by atoms with Crippen LogP contribution in [0.15, 0.2) is 23.9 Å². The van der Waals surface area contributed by atoms with Crippen LogP contribution in [0.1, 0.15) is 45.7 Å². The molecule has 7 heteroatoms. The van der Waals surface area contributed by atoms with Gasteiger partial charge >= 0.3 is 13.1 Å². The van der Waals surface area contributed by atoms with Gasteiger partial charge in [0.1, 0.15) is 11.5 Å². The van der Waals surface area contributed by atoms with E-state index in [0.717, 1.165) is 6.07 Å². The third-order valence-corrected chi connectivity index (χ3v) is 4.35. The highest BCUT2D eigenvalue weighted by Crippen LogP contribution is 2.39. The minimum Gasteiger partial charge on any atom is -0.456 e. The van der Waals surface area contributed by atoms with E-state index in [0.29, 0.717) is 5.56 Å². The Morgan fingerprint density at radius 2 is 1.88 bits per heavy atom. The lowest BCUT2D eigenvalue weighted by molar-refractivity contribution is -0.136. The second-order valence-corrected chi connectivity index (χ2v) is 6.83. The summed E-state index contributed by atoms with van der Waals surface area (Å²) in [6, 6.07) is 3.89. The van der Waals surface area contributed by atoms with Crippen LogP contribution in [0, 0.1) is 17.7 Å². The second kappa shape index (κ2) is 7.61. The number of halogens is 2. The van der Waals surface area contributed by atoms with Gasteiger partial charge in [-0.1, -0.05) is 12.0 Å². The summed E-state index contributed by atoms with van der Waals surface area (Å²) in [5, 5.41) is 0. The van der Waals surface area contributed by atoms with Gasteiger partial charge in [0, 0.05) is 5.92 Å². The first-order valence-electron chi connectivity index (χ1n) is 8.27. The molecule has 0 saturated carbocycles. The third-order valence-electron chi connectivity index (χ3n) is 4.35. The summed E-state index contributed by atoms with van der Waals surface area (Å²) in [7, 11) is -1.14. The summed E-state index contributed by atoms with van der Waals surface area (Å²) in [5.74, 6) is 3.21. The summed E-state index contributed by atoms with van der Waals surface area (Å²) in [4.78, 5) is 11.3. The smallest absolute Gasteiger partial charge is 0.456 e. The van der Waals surface area contributed by atoms with E-state index >= 15 is 0 Å². The molecule has 0 bridgehead atoms. The quantitative estimate of drug-likeness (QED) is 0.468. The first-order valence-corrected chi connectivity index (χ1v) is 8.27. The van der Waals surface area contributed by atoms with Crippen molar-refractivity contribution in [2.45, 2.75) is 45.8 Å². The topological polar surface area (TPSA) is 44.8 Å². The molecule has 1 aliphatic heterocycles. The van der Waals surface area contributed by atoms with Gasteiger partial charge in [0.05, 0.1) is 23.4 Å². The summed E-state index contributed by atoms with van der Waals surface area (Å²) in [5.41, 5.74) is -1.64. The average molecular weight is 362 g/mol.